The third-order valence-electron chi connectivity index (χ3n) is 9.19. The van der Waals surface area contributed by atoms with Crippen molar-refractivity contribution in [2.75, 3.05) is 36.8 Å². The van der Waals surface area contributed by atoms with Crippen molar-refractivity contribution >= 4 is 34.7 Å². The van der Waals surface area contributed by atoms with Crippen molar-refractivity contribution in [3.63, 3.8) is 0 Å². The number of aliphatic hydroxyl groups excluding tert-OH is 1. The summed E-state index contributed by atoms with van der Waals surface area (Å²) in [4.78, 5) is 29.6. The molecule has 0 atom stereocenters. The molecule has 1 aliphatic heterocycles. The minimum absolute atomic E-state index is 0. The number of piperidine rings is 1. The topological polar surface area (TPSA) is 120 Å². The molecule has 1 aromatic carbocycles. The molecular formula is C32H47FN8O2. The zero-order valence-corrected chi connectivity index (χ0v) is 24.3. The number of likely N-dealkylation sites (tertiary alicyclic amines) is 1. The minimum Gasteiger partial charge on any atom is -0.393 e. The number of hydrogen-bond acceptors (Lipinski definition) is 8. The van der Waals surface area contributed by atoms with Crippen LogP contribution in [0.5, 0.6) is 0 Å². The Morgan fingerprint density at radius 3 is 2.47 bits per heavy atom. The molecule has 2 aromatic heterocycles. The van der Waals surface area contributed by atoms with E-state index in [4.69, 9.17) is 9.97 Å². The van der Waals surface area contributed by atoms with E-state index in [1.165, 1.54) is 25.3 Å². The normalized spacial score (nSPS) is 24.7. The summed E-state index contributed by atoms with van der Waals surface area (Å²) < 4.78 is 16.7. The third-order valence-corrected chi connectivity index (χ3v) is 9.19. The number of para-hydroxylation sites is 1. The van der Waals surface area contributed by atoms with Crippen molar-refractivity contribution in [2.24, 2.45) is 5.92 Å². The van der Waals surface area contributed by atoms with E-state index in [1.807, 2.05) is 0 Å². The van der Waals surface area contributed by atoms with Crippen LogP contribution < -0.4 is 16.0 Å². The Bertz CT molecular complexity index is 1340. The first kappa shape index (κ1) is 31.1. The van der Waals surface area contributed by atoms with Gasteiger partial charge in [0.05, 0.1) is 18.0 Å². The van der Waals surface area contributed by atoms with Gasteiger partial charge in [-0.1, -0.05) is 26.0 Å². The van der Waals surface area contributed by atoms with Crippen LogP contribution >= 0.6 is 0 Å². The number of nitrogens with zero attached hydrogens (tertiary/aromatic N) is 5. The van der Waals surface area contributed by atoms with Crippen molar-refractivity contribution in [3.8, 4) is 0 Å². The number of carbonyl (C=O) groups excluding carboxylic acids is 1. The number of benzene rings is 1. The van der Waals surface area contributed by atoms with E-state index in [1.54, 1.807) is 24.4 Å². The van der Waals surface area contributed by atoms with Crippen LogP contribution in [0.1, 0.15) is 84.1 Å². The van der Waals surface area contributed by atoms with Gasteiger partial charge in [0.25, 0.3) is 0 Å². The Morgan fingerprint density at radius 2 is 1.72 bits per heavy atom. The Labute approximate surface area is 253 Å². The van der Waals surface area contributed by atoms with E-state index >= 15 is 0 Å². The predicted octanol–water partition coefficient (Wildman–Crippen LogP) is 5.39. The summed E-state index contributed by atoms with van der Waals surface area (Å²) in [5.74, 6) is 0.848. The summed E-state index contributed by atoms with van der Waals surface area (Å²) in [5.41, 5.74) is 1.68. The van der Waals surface area contributed by atoms with Crippen molar-refractivity contribution in [1.29, 1.82) is 0 Å². The number of aliphatic hydroxyl groups is 1. The molecule has 10 nitrogen and oxygen atoms in total. The van der Waals surface area contributed by atoms with Gasteiger partial charge in [0.2, 0.25) is 17.8 Å². The summed E-state index contributed by atoms with van der Waals surface area (Å²) in [6, 6.07) is 6.84. The number of nitrogens with one attached hydrogen (secondary N) is 3. The lowest BCUT2D eigenvalue weighted by molar-refractivity contribution is -0.126. The smallest absolute Gasteiger partial charge is 0.224 e. The number of anilines is 3. The SMILES string of the molecule is C.O=C(NCCN1CCCCC1)C1CCC(n2c(Nc3ccccc3F)nc3cnc(NC4CCC(O)CC4)nc32)CC1. The van der Waals surface area contributed by atoms with Crippen LogP contribution in [0.4, 0.5) is 22.0 Å². The highest BCUT2D eigenvalue weighted by Gasteiger charge is 2.30. The lowest BCUT2D eigenvalue weighted by Gasteiger charge is -2.30. The van der Waals surface area contributed by atoms with Gasteiger partial charge >= 0.3 is 0 Å². The Hall–Kier alpha value is -3.31. The summed E-state index contributed by atoms with van der Waals surface area (Å²) in [6.45, 7) is 3.89. The standard InChI is InChI=1S/C31H43FN8O2.CH4/c32-25-6-2-3-7-26(25)36-31-37-27-20-34-30(35-22-10-14-24(41)15-11-22)38-28(27)40(31)23-12-8-21(9-13-23)29(42)33-16-19-39-17-4-1-5-18-39;/h2-3,6-7,20-24,41H,1,4-5,8-19H2,(H,33,42)(H,36,37)(H,34,35,38);1H4. The van der Waals surface area contributed by atoms with Crippen LogP contribution in [0.25, 0.3) is 11.2 Å². The maximum absolute atomic E-state index is 14.6. The minimum atomic E-state index is -0.353. The summed E-state index contributed by atoms with van der Waals surface area (Å²) >= 11 is 0. The maximum atomic E-state index is 14.6. The lowest BCUT2D eigenvalue weighted by atomic mass is 9.85. The maximum Gasteiger partial charge on any atom is 0.224 e. The highest BCUT2D eigenvalue weighted by atomic mass is 19.1. The second-order valence-corrected chi connectivity index (χ2v) is 12.2. The van der Waals surface area contributed by atoms with Gasteiger partial charge in [-0.05, 0) is 89.4 Å². The average Bonchev–Trinajstić information content (AvgIpc) is 3.37. The van der Waals surface area contributed by atoms with Crippen LogP contribution in [-0.2, 0) is 4.79 Å². The molecule has 1 saturated heterocycles. The number of hydrogen-bond donors (Lipinski definition) is 4. The molecule has 0 spiro atoms. The van der Waals surface area contributed by atoms with Gasteiger partial charge in [0, 0.05) is 31.1 Å². The van der Waals surface area contributed by atoms with Gasteiger partial charge < -0.3 is 26.0 Å². The number of rotatable bonds is 9. The Morgan fingerprint density at radius 1 is 0.977 bits per heavy atom. The molecule has 1 amide bonds. The number of amides is 1. The molecule has 0 unspecified atom stereocenters. The fourth-order valence-corrected chi connectivity index (χ4v) is 6.74. The van der Waals surface area contributed by atoms with Crippen LogP contribution in [0, 0.1) is 11.7 Å². The van der Waals surface area contributed by atoms with E-state index in [0.717, 1.165) is 71.0 Å². The van der Waals surface area contributed by atoms with E-state index in [2.05, 4.69) is 30.4 Å². The molecule has 234 valence electrons. The van der Waals surface area contributed by atoms with Crippen LogP contribution in [0.15, 0.2) is 30.5 Å². The van der Waals surface area contributed by atoms with E-state index < -0.39 is 0 Å². The van der Waals surface area contributed by atoms with E-state index in [0.29, 0.717) is 35.3 Å². The zero-order chi connectivity index (χ0) is 28.9. The van der Waals surface area contributed by atoms with Crippen molar-refractivity contribution in [3.05, 3.63) is 36.3 Å². The van der Waals surface area contributed by atoms with E-state index in [9.17, 15) is 14.3 Å². The monoisotopic (exact) mass is 594 g/mol. The van der Waals surface area contributed by atoms with Gasteiger partial charge in [-0.2, -0.15) is 4.98 Å². The molecule has 43 heavy (non-hydrogen) atoms. The third kappa shape index (κ3) is 7.62. The van der Waals surface area contributed by atoms with Gasteiger partial charge in [-0.3, -0.25) is 9.36 Å². The lowest BCUT2D eigenvalue weighted by Crippen LogP contribution is -2.40. The molecular weight excluding hydrogens is 547 g/mol. The van der Waals surface area contributed by atoms with Gasteiger partial charge in [-0.15, -0.1) is 0 Å². The van der Waals surface area contributed by atoms with E-state index in [-0.39, 0.29) is 43.3 Å². The van der Waals surface area contributed by atoms with Crippen LogP contribution in [0.3, 0.4) is 0 Å². The van der Waals surface area contributed by atoms with Crippen LogP contribution in [-0.4, -0.2) is 73.8 Å². The Kier molecular flexibility index (Phi) is 10.5. The highest BCUT2D eigenvalue weighted by Crippen LogP contribution is 2.37. The fourth-order valence-electron chi connectivity index (χ4n) is 6.74. The number of halogens is 1. The zero-order valence-electron chi connectivity index (χ0n) is 24.3. The molecule has 3 aromatic rings. The number of aromatic nitrogens is 4. The fraction of sp³-hybridized carbons (Fsp3) is 0.625. The molecule has 6 rings (SSSR count). The summed E-state index contributed by atoms with van der Waals surface area (Å²) in [5, 5.41) is 19.7. The second kappa shape index (κ2) is 14.4. The van der Waals surface area contributed by atoms with Gasteiger partial charge in [0.15, 0.2) is 5.65 Å². The molecule has 0 bridgehead atoms. The second-order valence-electron chi connectivity index (χ2n) is 12.2. The van der Waals surface area contributed by atoms with Crippen molar-refractivity contribution < 1.29 is 14.3 Å². The first-order valence-corrected chi connectivity index (χ1v) is 15.7. The number of fused-ring (bicyclic) bond motifs is 1. The molecule has 3 aliphatic rings. The molecule has 2 aliphatic carbocycles. The molecule has 11 heteroatoms. The number of carbonyl (C=O) groups is 1. The highest BCUT2D eigenvalue weighted by molar-refractivity contribution is 5.79. The average molecular weight is 595 g/mol. The van der Waals surface area contributed by atoms with Crippen molar-refractivity contribution in [2.45, 2.75) is 96.2 Å². The molecule has 0 radical (unpaired) electrons. The first-order chi connectivity index (χ1) is 20.5. The molecule has 3 heterocycles. The van der Waals surface area contributed by atoms with Gasteiger partial charge in [-0.25, -0.2) is 14.4 Å². The predicted molar refractivity (Wildman–Crippen MR) is 168 cm³/mol. The Balaban J connectivity index is 0.00000368. The van der Waals surface area contributed by atoms with Gasteiger partial charge in [0.1, 0.15) is 11.3 Å². The molecule has 3 fully saturated rings. The summed E-state index contributed by atoms with van der Waals surface area (Å²) in [7, 11) is 0. The quantitative estimate of drug-likeness (QED) is 0.260. The number of imidazole rings is 1. The molecule has 2 saturated carbocycles. The first-order valence-electron chi connectivity index (χ1n) is 15.7. The molecule has 4 N–H and O–H groups in total. The summed E-state index contributed by atoms with van der Waals surface area (Å²) in [6.07, 6.45) is 11.7. The van der Waals surface area contributed by atoms with Crippen LogP contribution in [0.2, 0.25) is 0 Å². The largest absolute Gasteiger partial charge is 0.393 e. The van der Waals surface area contributed by atoms with Crippen molar-refractivity contribution in [1.82, 2.24) is 29.7 Å².